The van der Waals surface area contributed by atoms with Gasteiger partial charge in [-0.2, -0.15) is 5.26 Å². The van der Waals surface area contributed by atoms with Crippen LogP contribution in [-0.4, -0.2) is 21.1 Å². The van der Waals surface area contributed by atoms with Crippen LogP contribution in [0.1, 0.15) is 18.3 Å². The summed E-state index contributed by atoms with van der Waals surface area (Å²) in [7, 11) is 0. The molecule has 0 saturated carbocycles. The molecule has 1 aromatic carbocycles. The lowest BCUT2D eigenvalue weighted by molar-refractivity contribution is 0.717. The van der Waals surface area contributed by atoms with Crippen LogP contribution in [0.5, 0.6) is 0 Å². The number of para-hydroxylation sites is 2. The van der Waals surface area contributed by atoms with Crippen molar-refractivity contribution in [2.45, 2.75) is 19.9 Å². The van der Waals surface area contributed by atoms with Gasteiger partial charge >= 0.3 is 0 Å². The molecule has 0 aliphatic heterocycles. The van der Waals surface area contributed by atoms with E-state index in [0.29, 0.717) is 5.56 Å². The number of pyridine rings is 1. The third kappa shape index (κ3) is 2.77. The molecule has 0 radical (unpaired) electrons. The first-order valence-corrected chi connectivity index (χ1v) is 7.36. The molecule has 22 heavy (non-hydrogen) atoms. The Labute approximate surface area is 129 Å². The molecule has 2 heterocycles. The number of nitrogens with one attached hydrogen (secondary N) is 1. The van der Waals surface area contributed by atoms with Crippen molar-refractivity contribution in [3.63, 3.8) is 0 Å². The molecule has 0 fully saturated rings. The standard InChI is InChI=1S/C17H17N5/c1-2-22-15-6-4-3-5-14(15)21-17(22)9-10-19-16-8-7-13(11-18)12-20-16/h3-8,12H,2,9-10H2,1H3,(H,19,20). The topological polar surface area (TPSA) is 66.5 Å². The zero-order chi connectivity index (χ0) is 15.4. The number of hydrogen-bond acceptors (Lipinski definition) is 4. The summed E-state index contributed by atoms with van der Waals surface area (Å²) in [5.41, 5.74) is 2.78. The molecule has 3 aromatic rings. The second-order valence-electron chi connectivity index (χ2n) is 4.98. The summed E-state index contributed by atoms with van der Waals surface area (Å²) >= 11 is 0. The number of nitriles is 1. The first-order valence-electron chi connectivity index (χ1n) is 7.36. The molecule has 0 bridgehead atoms. The average molecular weight is 291 g/mol. The summed E-state index contributed by atoms with van der Waals surface area (Å²) < 4.78 is 2.24. The van der Waals surface area contributed by atoms with E-state index in [9.17, 15) is 0 Å². The molecule has 0 saturated heterocycles. The lowest BCUT2D eigenvalue weighted by Crippen LogP contribution is -2.10. The van der Waals surface area contributed by atoms with E-state index in [0.717, 1.165) is 36.7 Å². The van der Waals surface area contributed by atoms with E-state index in [1.165, 1.54) is 5.52 Å². The lowest BCUT2D eigenvalue weighted by Gasteiger charge is -2.07. The molecule has 0 spiro atoms. The monoisotopic (exact) mass is 291 g/mol. The average Bonchev–Trinajstić information content (AvgIpc) is 2.93. The largest absolute Gasteiger partial charge is 0.370 e. The first-order chi connectivity index (χ1) is 10.8. The highest BCUT2D eigenvalue weighted by atomic mass is 15.1. The van der Waals surface area contributed by atoms with Crippen LogP contribution in [0.4, 0.5) is 5.82 Å². The number of nitrogens with zero attached hydrogens (tertiary/aromatic N) is 4. The van der Waals surface area contributed by atoms with E-state index in [4.69, 9.17) is 10.2 Å². The summed E-state index contributed by atoms with van der Waals surface area (Å²) in [5, 5.41) is 12.0. The van der Waals surface area contributed by atoms with E-state index < -0.39 is 0 Å². The predicted octanol–water partition coefficient (Wildman–Crippen LogP) is 2.98. The number of benzene rings is 1. The summed E-state index contributed by atoms with van der Waals surface area (Å²) in [4.78, 5) is 8.91. The van der Waals surface area contributed by atoms with Gasteiger partial charge in [0.25, 0.3) is 0 Å². The SMILES string of the molecule is CCn1c(CCNc2ccc(C#N)cn2)nc2ccccc21. The zero-order valence-corrected chi connectivity index (χ0v) is 12.5. The summed E-state index contributed by atoms with van der Waals surface area (Å²) in [6.07, 6.45) is 2.40. The van der Waals surface area contributed by atoms with Crippen LogP contribution in [0.2, 0.25) is 0 Å². The van der Waals surface area contributed by atoms with Gasteiger partial charge in [-0.1, -0.05) is 12.1 Å². The Kier molecular flexibility index (Phi) is 4.01. The second kappa shape index (κ2) is 6.27. The molecule has 110 valence electrons. The van der Waals surface area contributed by atoms with Crippen molar-refractivity contribution in [2.24, 2.45) is 0 Å². The minimum absolute atomic E-state index is 0.568. The van der Waals surface area contributed by atoms with Crippen LogP contribution in [0.25, 0.3) is 11.0 Å². The van der Waals surface area contributed by atoms with Gasteiger partial charge in [-0.15, -0.1) is 0 Å². The molecule has 0 aliphatic carbocycles. The molecular formula is C17H17N5. The van der Waals surface area contributed by atoms with Gasteiger partial charge in [-0.3, -0.25) is 0 Å². The van der Waals surface area contributed by atoms with Gasteiger partial charge in [0.05, 0.1) is 16.6 Å². The van der Waals surface area contributed by atoms with Gasteiger partial charge in [-0.25, -0.2) is 9.97 Å². The van der Waals surface area contributed by atoms with E-state index in [1.54, 1.807) is 12.3 Å². The Hall–Kier alpha value is -2.87. The van der Waals surface area contributed by atoms with Crippen molar-refractivity contribution in [1.82, 2.24) is 14.5 Å². The summed E-state index contributed by atoms with van der Waals surface area (Å²) in [6.45, 7) is 3.79. The highest BCUT2D eigenvalue weighted by molar-refractivity contribution is 5.75. The highest BCUT2D eigenvalue weighted by Gasteiger charge is 2.08. The number of aromatic nitrogens is 3. The maximum Gasteiger partial charge on any atom is 0.125 e. The maximum absolute atomic E-state index is 8.76. The van der Waals surface area contributed by atoms with Crippen LogP contribution in [0.15, 0.2) is 42.6 Å². The number of fused-ring (bicyclic) bond motifs is 1. The van der Waals surface area contributed by atoms with Crippen molar-refractivity contribution in [1.29, 1.82) is 5.26 Å². The molecule has 0 aliphatic rings. The molecule has 1 N–H and O–H groups in total. The van der Waals surface area contributed by atoms with Crippen molar-refractivity contribution >= 4 is 16.9 Å². The number of rotatable bonds is 5. The van der Waals surface area contributed by atoms with Gasteiger partial charge in [0.2, 0.25) is 0 Å². The molecule has 2 aromatic heterocycles. The zero-order valence-electron chi connectivity index (χ0n) is 12.5. The first kappa shape index (κ1) is 14.1. The molecule has 0 unspecified atom stereocenters. The van der Waals surface area contributed by atoms with Crippen molar-refractivity contribution in [3.8, 4) is 6.07 Å². The Balaban J connectivity index is 1.69. The quantitative estimate of drug-likeness (QED) is 0.784. The fourth-order valence-electron chi connectivity index (χ4n) is 2.54. The van der Waals surface area contributed by atoms with Crippen LogP contribution in [-0.2, 0) is 13.0 Å². The smallest absolute Gasteiger partial charge is 0.125 e. The van der Waals surface area contributed by atoms with Crippen LogP contribution < -0.4 is 5.32 Å². The molecule has 0 atom stereocenters. The van der Waals surface area contributed by atoms with E-state index in [2.05, 4.69) is 33.9 Å². The third-order valence-electron chi connectivity index (χ3n) is 3.60. The van der Waals surface area contributed by atoms with Gasteiger partial charge in [0.1, 0.15) is 17.7 Å². The fraction of sp³-hybridized carbons (Fsp3) is 0.235. The minimum atomic E-state index is 0.568. The Morgan fingerprint density at radius 3 is 2.82 bits per heavy atom. The van der Waals surface area contributed by atoms with Gasteiger partial charge in [0, 0.05) is 25.7 Å². The summed E-state index contributed by atoms with van der Waals surface area (Å²) in [6, 6.07) is 13.8. The maximum atomic E-state index is 8.76. The van der Waals surface area contributed by atoms with Gasteiger partial charge < -0.3 is 9.88 Å². The highest BCUT2D eigenvalue weighted by Crippen LogP contribution is 2.16. The predicted molar refractivity (Wildman–Crippen MR) is 86.6 cm³/mol. The van der Waals surface area contributed by atoms with Crippen molar-refractivity contribution in [3.05, 3.63) is 54.0 Å². The number of imidazole rings is 1. The van der Waals surface area contributed by atoms with Crippen molar-refractivity contribution in [2.75, 3.05) is 11.9 Å². The summed E-state index contributed by atoms with van der Waals surface area (Å²) in [5.74, 6) is 1.85. The third-order valence-corrected chi connectivity index (χ3v) is 3.60. The van der Waals surface area contributed by atoms with Crippen LogP contribution in [0, 0.1) is 11.3 Å². The molecule has 5 heteroatoms. The van der Waals surface area contributed by atoms with Crippen molar-refractivity contribution < 1.29 is 0 Å². The molecule has 0 amide bonds. The minimum Gasteiger partial charge on any atom is -0.370 e. The van der Waals surface area contributed by atoms with E-state index >= 15 is 0 Å². The molecular weight excluding hydrogens is 274 g/mol. The normalized spacial score (nSPS) is 10.5. The van der Waals surface area contributed by atoms with E-state index in [1.807, 2.05) is 24.3 Å². The van der Waals surface area contributed by atoms with Crippen LogP contribution >= 0.6 is 0 Å². The van der Waals surface area contributed by atoms with Crippen LogP contribution in [0.3, 0.4) is 0 Å². The number of aryl methyl sites for hydroxylation is 1. The van der Waals surface area contributed by atoms with E-state index in [-0.39, 0.29) is 0 Å². The Morgan fingerprint density at radius 2 is 2.09 bits per heavy atom. The Bertz CT molecular complexity index is 811. The second-order valence-corrected chi connectivity index (χ2v) is 4.98. The Morgan fingerprint density at radius 1 is 1.23 bits per heavy atom. The van der Waals surface area contributed by atoms with Gasteiger partial charge in [0.15, 0.2) is 0 Å². The number of hydrogen-bond donors (Lipinski definition) is 1. The number of anilines is 1. The molecule has 5 nitrogen and oxygen atoms in total. The van der Waals surface area contributed by atoms with Gasteiger partial charge in [-0.05, 0) is 31.2 Å². The lowest BCUT2D eigenvalue weighted by atomic mass is 10.3. The molecule has 3 rings (SSSR count). The fourth-order valence-corrected chi connectivity index (χ4v) is 2.54.